The van der Waals surface area contributed by atoms with Gasteiger partial charge >= 0.3 is 0 Å². The van der Waals surface area contributed by atoms with Gasteiger partial charge in [0.2, 0.25) is 0 Å². The molecule has 5 atom stereocenters. The maximum absolute atomic E-state index is 8.72. The molecule has 0 radical (unpaired) electrons. The zero-order valence-corrected chi connectivity index (χ0v) is 23.7. The number of hydrogen-bond donors (Lipinski definition) is 3. The standard InChI is InChI=1S/C9H17ClO3.C8H17ClO3.C6H13ClO3/c10-7-8(4-5-11)13-9-3-1-2-6-12-9;1-3-11-7(2)12-8(6-9)4-5-10;1-9-5-10-6(4-7)2-3-8/h8-9,11H,1-7H2;7-8,10H,3-6H2,1-2H3;6,8H,2-5H2,1H3/t8-,9?;7?,8-;6-/m000/s1. The van der Waals surface area contributed by atoms with Gasteiger partial charge < -0.3 is 43.7 Å². The Hall–Kier alpha value is 0.510. The van der Waals surface area contributed by atoms with Crippen LogP contribution in [0.15, 0.2) is 0 Å². The van der Waals surface area contributed by atoms with Gasteiger partial charge in [0.1, 0.15) is 6.79 Å². The Morgan fingerprint density at radius 3 is 1.89 bits per heavy atom. The fourth-order valence-electron chi connectivity index (χ4n) is 2.74. The molecule has 2 unspecified atom stereocenters. The first kappa shape index (κ1) is 37.7. The summed E-state index contributed by atoms with van der Waals surface area (Å²) in [5.41, 5.74) is 0. The molecule has 0 aromatic heterocycles. The van der Waals surface area contributed by atoms with E-state index in [4.69, 9.17) is 73.8 Å². The van der Waals surface area contributed by atoms with Crippen molar-refractivity contribution in [2.75, 3.05) is 64.6 Å². The second kappa shape index (κ2) is 29.1. The predicted molar refractivity (Wildman–Crippen MR) is 138 cm³/mol. The highest BCUT2D eigenvalue weighted by Crippen LogP contribution is 2.17. The Morgan fingerprint density at radius 1 is 0.857 bits per heavy atom. The lowest BCUT2D eigenvalue weighted by Crippen LogP contribution is -2.29. The van der Waals surface area contributed by atoms with Crippen LogP contribution in [0.5, 0.6) is 0 Å². The summed E-state index contributed by atoms with van der Waals surface area (Å²) >= 11 is 16.8. The fraction of sp³-hybridized carbons (Fsp3) is 1.00. The van der Waals surface area contributed by atoms with Gasteiger partial charge in [-0.2, -0.15) is 0 Å². The zero-order valence-electron chi connectivity index (χ0n) is 21.4. The number of methoxy groups -OCH3 is 1. The highest BCUT2D eigenvalue weighted by Gasteiger charge is 2.18. The van der Waals surface area contributed by atoms with Crippen molar-refractivity contribution in [3.63, 3.8) is 0 Å². The SMILES string of the molecule is CCOC(C)O[C@H](CCl)CCO.COCO[C@H](CCl)CCO.OCC[C@@H](CCl)OC1CCCCO1. The van der Waals surface area contributed by atoms with E-state index in [1.54, 1.807) is 7.11 Å². The van der Waals surface area contributed by atoms with E-state index in [9.17, 15) is 0 Å². The lowest BCUT2D eigenvalue weighted by atomic mass is 10.2. The highest BCUT2D eigenvalue weighted by molar-refractivity contribution is 6.18. The van der Waals surface area contributed by atoms with Crippen molar-refractivity contribution in [1.82, 2.24) is 0 Å². The summed E-state index contributed by atoms with van der Waals surface area (Å²) in [6.07, 6.45) is 4.29. The van der Waals surface area contributed by atoms with Crippen LogP contribution in [0.4, 0.5) is 0 Å². The van der Waals surface area contributed by atoms with Gasteiger partial charge in [0.05, 0.1) is 18.3 Å². The largest absolute Gasteiger partial charge is 0.396 e. The number of ether oxygens (including phenoxy) is 6. The number of rotatable bonds is 18. The molecule has 0 amide bonds. The smallest absolute Gasteiger partial charge is 0.158 e. The fourth-order valence-corrected chi connectivity index (χ4v) is 3.44. The molecule has 0 bridgehead atoms. The Bertz CT molecular complexity index is 406. The minimum Gasteiger partial charge on any atom is -0.396 e. The molecule has 1 aliphatic rings. The lowest BCUT2D eigenvalue weighted by molar-refractivity contribution is -0.185. The van der Waals surface area contributed by atoms with E-state index in [0.29, 0.717) is 43.5 Å². The average Bonchev–Trinajstić information content (AvgIpc) is 2.87. The van der Waals surface area contributed by atoms with Crippen LogP contribution in [0.2, 0.25) is 0 Å². The Kier molecular flexibility index (Phi) is 31.3. The monoisotopic (exact) mass is 572 g/mol. The third-order valence-electron chi connectivity index (χ3n) is 4.56. The summed E-state index contributed by atoms with van der Waals surface area (Å²) in [6, 6.07) is 0. The molecule has 0 saturated carbocycles. The Labute approximate surface area is 226 Å². The molecule has 0 spiro atoms. The number of hydrogen-bond acceptors (Lipinski definition) is 9. The topological polar surface area (TPSA) is 116 Å². The van der Waals surface area contributed by atoms with Crippen LogP contribution in [-0.2, 0) is 28.4 Å². The van der Waals surface area contributed by atoms with E-state index in [-0.39, 0.29) is 57.5 Å². The second-order valence-corrected chi connectivity index (χ2v) is 8.46. The van der Waals surface area contributed by atoms with E-state index in [2.05, 4.69) is 4.74 Å². The van der Waals surface area contributed by atoms with Crippen molar-refractivity contribution in [3.8, 4) is 0 Å². The van der Waals surface area contributed by atoms with Crippen LogP contribution in [0.1, 0.15) is 52.4 Å². The van der Waals surface area contributed by atoms with Gasteiger partial charge in [0.15, 0.2) is 12.6 Å². The van der Waals surface area contributed by atoms with E-state index in [1.165, 1.54) is 0 Å². The van der Waals surface area contributed by atoms with Gasteiger partial charge in [-0.15, -0.1) is 34.8 Å². The van der Waals surface area contributed by atoms with Gasteiger partial charge in [-0.3, -0.25) is 0 Å². The lowest BCUT2D eigenvalue weighted by Gasteiger charge is -2.26. The molecule has 1 fully saturated rings. The molecule has 214 valence electrons. The summed E-state index contributed by atoms with van der Waals surface area (Å²) in [6.45, 7) is 5.66. The molecule has 0 aromatic carbocycles. The van der Waals surface area contributed by atoms with E-state index in [0.717, 1.165) is 25.9 Å². The van der Waals surface area contributed by atoms with Crippen molar-refractivity contribution in [1.29, 1.82) is 0 Å². The molecule has 9 nitrogen and oxygen atoms in total. The third kappa shape index (κ3) is 24.6. The van der Waals surface area contributed by atoms with Gasteiger partial charge in [0, 0.05) is 57.8 Å². The maximum Gasteiger partial charge on any atom is 0.158 e. The van der Waals surface area contributed by atoms with Crippen LogP contribution in [0, 0.1) is 0 Å². The molecule has 0 aromatic rings. The van der Waals surface area contributed by atoms with Gasteiger partial charge in [-0.25, -0.2) is 0 Å². The molecule has 35 heavy (non-hydrogen) atoms. The molecular formula is C23H47Cl3O9. The van der Waals surface area contributed by atoms with Gasteiger partial charge in [-0.1, -0.05) is 0 Å². The van der Waals surface area contributed by atoms with E-state index in [1.807, 2.05) is 13.8 Å². The summed E-state index contributed by atoms with van der Waals surface area (Å²) in [7, 11) is 1.55. The number of alkyl halides is 3. The number of halogens is 3. The Balaban J connectivity index is 0. The van der Waals surface area contributed by atoms with Crippen LogP contribution in [0.25, 0.3) is 0 Å². The molecule has 0 aliphatic carbocycles. The van der Waals surface area contributed by atoms with Crippen molar-refractivity contribution in [2.45, 2.75) is 83.3 Å². The third-order valence-corrected chi connectivity index (χ3v) is 5.59. The molecule has 1 heterocycles. The van der Waals surface area contributed by atoms with E-state index < -0.39 is 0 Å². The normalized spacial score (nSPS) is 18.9. The summed E-state index contributed by atoms with van der Waals surface area (Å²) in [5.74, 6) is 1.20. The van der Waals surface area contributed by atoms with Crippen LogP contribution < -0.4 is 0 Å². The van der Waals surface area contributed by atoms with Crippen molar-refractivity contribution in [3.05, 3.63) is 0 Å². The first-order chi connectivity index (χ1) is 16.9. The molecule has 12 heteroatoms. The number of aliphatic hydroxyl groups is 3. The summed E-state index contributed by atoms with van der Waals surface area (Å²) < 4.78 is 31.2. The number of aliphatic hydroxyl groups excluding tert-OH is 3. The van der Waals surface area contributed by atoms with Gasteiger partial charge in [-0.05, 0) is 52.4 Å². The average molecular weight is 574 g/mol. The zero-order chi connectivity index (χ0) is 26.7. The minimum absolute atomic E-state index is 0.0743. The van der Waals surface area contributed by atoms with Gasteiger partial charge in [0.25, 0.3) is 0 Å². The first-order valence-electron chi connectivity index (χ1n) is 12.1. The van der Waals surface area contributed by atoms with Crippen molar-refractivity contribution >= 4 is 34.8 Å². The summed E-state index contributed by atoms with van der Waals surface area (Å²) in [4.78, 5) is 0. The quantitative estimate of drug-likeness (QED) is 0.167. The predicted octanol–water partition coefficient (Wildman–Crippen LogP) is 3.49. The molecular weight excluding hydrogens is 527 g/mol. The molecule has 1 rings (SSSR count). The Morgan fingerprint density at radius 2 is 1.43 bits per heavy atom. The van der Waals surface area contributed by atoms with Crippen molar-refractivity contribution < 1.29 is 43.7 Å². The van der Waals surface area contributed by atoms with E-state index >= 15 is 0 Å². The molecule has 1 aliphatic heterocycles. The van der Waals surface area contributed by atoms with Crippen LogP contribution in [0.3, 0.4) is 0 Å². The highest BCUT2D eigenvalue weighted by atomic mass is 35.5. The minimum atomic E-state index is -0.245. The molecule has 1 saturated heterocycles. The summed E-state index contributed by atoms with van der Waals surface area (Å²) in [5, 5.41) is 25.8. The maximum atomic E-state index is 8.72. The first-order valence-corrected chi connectivity index (χ1v) is 13.7. The van der Waals surface area contributed by atoms with Crippen LogP contribution in [-0.4, -0.2) is 111 Å². The molecule has 3 N–H and O–H groups in total. The van der Waals surface area contributed by atoms with Crippen LogP contribution >= 0.6 is 34.8 Å². The van der Waals surface area contributed by atoms with Crippen molar-refractivity contribution in [2.24, 2.45) is 0 Å². The second-order valence-electron chi connectivity index (χ2n) is 7.53.